The molecule has 1 saturated carbocycles. The molecule has 8 nitrogen and oxygen atoms in total. The second-order valence-electron chi connectivity index (χ2n) is 8.73. The number of nitrogens with zero attached hydrogens (tertiary/aromatic N) is 4. The highest BCUT2D eigenvalue weighted by atomic mass is 32.1. The van der Waals surface area contributed by atoms with Crippen LogP contribution in [0, 0.1) is 0 Å². The van der Waals surface area contributed by atoms with Crippen molar-refractivity contribution < 1.29 is 14.2 Å². The van der Waals surface area contributed by atoms with Crippen molar-refractivity contribution in [1.82, 2.24) is 19.7 Å². The molecular formula is C25H27N5O3S. The van der Waals surface area contributed by atoms with Gasteiger partial charge in [-0.05, 0) is 31.0 Å². The Morgan fingerprint density at radius 1 is 1.06 bits per heavy atom. The molecule has 1 saturated heterocycles. The summed E-state index contributed by atoms with van der Waals surface area (Å²) >= 11 is 1.69. The van der Waals surface area contributed by atoms with Gasteiger partial charge in [0.2, 0.25) is 0 Å². The van der Waals surface area contributed by atoms with E-state index in [1.807, 2.05) is 35.1 Å². The molecule has 0 unspecified atom stereocenters. The summed E-state index contributed by atoms with van der Waals surface area (Å²) in [5.41, 5.74) is 2.71. The van der Waals surface area contributed by atoms with Gasteiger partial charge < -0.3 is 19.5 Å². The van der Waals surface area contributed by atoms with Gasteiger partial charge in [-0.15, -0.1) is 0 Å². The van der Waals surface area contributed by atoms with E-state index < -0.39 is 0 Å². The molecule has 4 heterocycles. The number of aromatic nitrogens is 4. The Labute approximate surface area is 201 Å². The molecule has 1 aromatic carbocycles. The smallest absolute Gasteiger partial charge is 0.184 e. The third kappa shape index (κ3) is 4.91. The van der Waals surface area contributed by atoms with Crippen LogP contribution in [0.25, 0.3) is 21.5 Å². The number of ether oxygens (including phenoxy) is 3. The molecule has 1 aliphatic carbocycles. The van der Waals surface area contributed by atoms with E-state index >= 15 is 0 Å². The molecule has 1 aliphatic heterocycles. The predicted octanol–water partition coefficient (Wildman–Crippen LogP) is 5.46. The molecule has 176 valence electrons. The third-order valence-corrected chi connectivity index (χ3v) is 7.17. The number of fused-ring (bicyclic) bond motifs is 1. The molecule has 0 radical (unpaired) electrons. The largest absolute Gasteiger partial charge is 0.457 e. The van der Waals surface area contributed by atoms with E-state index in [1.165, 1.54) is 32.1 Å². The summed E-state index contributed by atoms with van der Waals surface area (Å²) in [7, 11) is 0. The van der Waals surface area contributed by atoms with Crippen LogP contribution in [0.4, 0.5) is 5.13 Å². The van der Waals surface area contributed by atoms with Crippen LogP contribution in [0.5, 0.6) is 11.5 Å². The van der Waals surface area contributed by atoms with Gasteiger partial charge in [0.15, 0.2) is 11.4 Å². The number of anilines is 1. The SMILES string of the molecule is c1cc(Oc2ccc3nc(NC4CCCCC4)sc3c2)cc(-c2cnn(CC3OCCO3)c2)n1. The highest BCUT2D eigenvalue weighted by molar-refractivity contribution is 7.22. The summed E-state index contributed by atoms with van der Waals surface area (Å²) in [6, 6.07) is 10.4. The van der Waals surface area contributed by atoms with E-state index in [0.29, 0.717) is 25.8 Å². The number of nitrogens with one attached hydrogen (secondary N) is 1. The van der Waals surface area contributed by atoms with E-state index in [4.69, 9.17) is 19.2 Å². The van der Waals surface area contributed by atoms with E-state index in [2.05, 4.69) is 21.5 Å². The molecule has 0 spiro atoms. The molecule has 0 amide bonds. The highest BCUT2D eigenvalue weighted by Gasteiger charge is 2.18. The van der Waals surface area contributed by atoms with Crippen molar-refractivity contribution in [1.29, 1.82) is 0 Å². The van der Waals surface area contributed by atoms with Crippen molar-refractivity contribution in [3.05, 3.63) is 48.9 Å². The van der Waals surface area contributed by atoms with E-state index in [-0.39, 0.29) is 6.29 Å². The first-order chi connectivity index (χ1) is 16.8. The van der Waals surface area contributed by atoms with Crippen molar-refractivity contribution in [2.24, 2.45) is 0 Å². The zero-order valence-electron chi connectivity index (χ0n) is 18.9. The minimum absolute atomic E-state index is 0.240. The topological polar surface area (TPSA) is 83.3 Å². The van der Waals surface area contributed by atoms with Crippen LogP contribution in [0.15, 0.2) is 48.9 Å². The normalized spacial score (nSPS) is 17.4. The summed E-state index contributed by atoms with van der Waals surface area (Å²) in [6.07, 6.45) is 11.7. The Morgan fingerprint density at radius 3 is 2.79 bits per heavy atom. The van der Waals surface area contributed by atoms with E-state index in [9.17, 15) is 0 Å². The second-order valence-corrected chi connectivity index (χ2v) is 9.76. The first kappa shape index (κ1) is 21.5. The molecule has 2 fully saturated rings. The standard InChI is InChI=1S/C25H27N5O3S/c1-2-4-18(5-3-1)28-25-29-21-7-6-19(13-23(21)34-25)33-20-8-9-26-22(12-20)17-14-27-30(15-17)16-24-31-10-11-32-24/h6-9,12-15,18,24H,1-5,10-11,16H2,(H,28,29). The van der Waals surface area contributed by atoms with Crippen LogP contribution >= 0.6 is 11.3 Å². The molecule has 6 rings (SSSR count). The zero-order valence-corrected chi connectivity index (χ0v) is 19.7. The van der Waals surface area contributed by atoms with Gasteiger partial charge in [-0.3, -0.25) is 9.67 Å². The van der Waals surface area contributed by atoms with Crippen molar-refractivity contribution in [3.63, 3.8) is 0 Å². The van der Waals surface area contributed by atoms with Gasteiger partial charge in [-0.2, -0.15) is 5.10 Å². The van der Waals surface area contributed by atoms with Crippen molar-refractivity contribution >= 4 is 26.7 Å². The number of hydrogen-bond donors (Lipinski definition) is 1. The monoisotopic (exact) mass is 477 g/mol. The van der Waals surface area contributed by atoms with Gasteiger partial charge in [-0.1, -0.05) is 30.6 Å². The average molecular weight is 478 g/mol. The van der Waals surface area contributed by atoms with Gasteiger partial charge >= 0.3 is 0 Å². The maximum Gasteiger partial charge on any atom is 0.184 e. The summed E-state index contributed by atoms with van der Waals surface area (Å²) in [4.78, 5) is 9.26. The Balaban J connectivity index is 1.15. The van der Waals surface area contributed by atoms with Crippen LogP contribution in [-0.2, 0) is 16.0 Å². The third-order valence-electron chi connectivity index (χ3n) is 6.22. The van der Waals surface area contributed by atoms with Crippen LogP contribution in [0.2, 0.25) is 0 Å². The highest BCUT2D eigenvalue weighted by Crippen LogP contribution is 2.33. The van der Waals surface area contributed by atoms with Crippen LogP contribution < -0.4 is 10.1 Å². The molecule has 9 heteroatoms. The fraction of sp³-hybridized carbons (Fsp3) is 0.400. The van der Waals surface area contributed by atoms with Gasteiger partial charge in [0.05, 0.1) is 41.9 Å². The Bertz CT molecular complexity index is 1260. The number of hydrogen-bond acceptors (Lipinski definition) is 8. The van der Waals surface area contributed by atoms with Crippen LogP contribution in [0.1, 0.15) is 32.1 Å². The van der Waals surface area contributed by atoms with Gasteiger partial charge in [-0.25, -0.2) is 4.98 Å². The van der Waals surface area contributed by atoms with Gasteiger partial charge in [0.1, 0.15) is 11.5 Å². The lowest BCUT2D eigenvalue weighted by Gasteiger charge is -2.22. The lowest BCUT2D eigenvalue weighted by atomic mass is 9.96. The van der Waals surface area contributed by atoms with Crippen molar-refractivity contribution in [2.45, 2.75) is 51.0 Å². The van der Waals surface area contributed by atoms with Crippen molar-refractivity contribution in [2.75, 3.05) is 18.5 Å². The molecule has 4 aromatic rings. The van der Waals surface area contributed by atoms with Crippen LogP contribution in [0.3, 0.4) is 0 Å². The molecule has 34 heavy (non-hydrogen) atoms. The maximum atomic E-state index is 6.17. The average Bonchev–Trinajstić information content (AvgIpc) is 3.61. The van der Waals surface area contributed by atoms with E-state index in [0.717, 1.165) is 38.1 Å². The summed E-state index contributed by atoms with van der Waals surface area (Å²) in [5, 5.41) is 9.03. The molecule has 0 bridgehead atoms. The lowest BCUT2D eigenvalue weighted by molar-refractivity contribution is -0.0545. The summed E-state index contributed by atoms with van der Waals surface area (Å²) < 4.78 is 20.1. The predicted molar refractivity (Wildman–Crippen MR) is 131 cm³/mol. The molecule has 1 N–H and O–H groups in total. The van der Waals surface area contributed by atoms with E-state index in [1.54, 1.807) is 23.7 Å². The summed E-state index contributed by atoms with van der Waals surface area (Å²) in [5.74, 6) is 1.51. The minimum atomic E-state index is -0.240. The first-order valence-electron chi connectivity index (χ1n) is 11.9. The number of benzene rings is 1. The molecular weight excluding hydrogens is 450 g/mol. The number of thiazole rings is 1. The molecule has 0 atom stereocenters. The molecule has 3 aromatic heterocycles. The fourth-order valence-electron chi connectivity index (χ4n) is 4.48. The van der Waals surface area contributed by atoms with Gasteiger partial charge in [0.25, 0.3) is 0 Å². The number of rotatable bonds is 7. The molecule has 2 aliphatic rings. The minimum Gasteiger partial charge on any atom is -0.457 e. The Morgan fingerprint density at radius 2 is 1.91 bits per heavy atom. The quantitative estimate of drug-likeness (QED) is 0.378. The van der Waals surface area contributed by atoms with Gasteiger partial charge in [0, 0.05) is 36.1 Å². The zero-order chi connectivity index (χ0) is 22.7. The second kappa shape index (κ2) is 9.69. The Hall–Kier alpha value is -3.01. The lowest BCUT2D eigenvalue weighted by Crippen LogP contribution is -2.21. The van der Waals surface area contributed by atoms with Crippen molar-refractivity contribution in [3.8, 4) is 22.8 Å². The Kier molecular flexibility index (Phi) is 6.14. The first-order valence-corrected chi connectivity index (χ1v) is 12.7. The summed E-state index contributed by atoms with van der Waals surface area (Å²) in [6.45, 7) is 1.82. The number of pyridine rings is 1. The maximum absolute atomic E-state index is 6.17. The fourth-order valence-corrected chi connectivity index (χ4v) is 5.45. The van der Waals surface area contributed by atoms with Crippen LogP contribution in [-0.4, -0.2) is 45.3 Å².